The first kappa shape index (κ1) is 16.0. The Morgan fingerprint density at radius 2 is 2.00 bits per heavy atom. The maximum absolute atomic E-state index is 12.3. The van der Waals surface area contributed by atoms with E-state index in [1.165, 1.54) is 0 Å². The second kappa shape index (κ2) is 6.40. The molecule has 0 aliphatic heterocycles. The Bertz CT molecular complexity index is 1120. The molecule has 0 saturated heterocycles. The summed E-state index contributed by atoms with van der Waals surface area (Å²) in [6, 6.07) is 16.0. The van der Waals surface area contributed by atoms with E-state index in [9.17, 15) is 9.90 Å². The number of para-hydroxylation sites is 1. The summed E-state index contributed by atoms with van der Waals surface area (Å²) in [7, 11) is 1.59. The molecule has 0 aliphatic carbocycles. The highest BCUT2D eigenvalue weighted by Gasteiger charge is 2.12. The molecule has 2 heterocycles. The van der Waals surface area contributed by atoms with Crippen molar-refractivity contribution in [2.75, 3.05) is 7.11 Å². The summed E-state index contributed by atoms with van der Waals surface area (Å²) in [6.07, 6.45) is 0. The summed E-state index contributed by atoms with van der Waals surface area (Å²) in [6.45, 7) is 0.0157. The minimum Gasteiger partial charge on any atom is -0.506 e. The number of fused-ring (bicyclic) bond motifs is 2. The van der Waals surface area contributed by atoms with Gasteiger partial charge in [0.2, 0.25) is 0 Å². The number of aromatic hydroxyl groups is 1. The molecule has 0 saturated carbocycles. The van der Waals surface area contributed by atoms with Crippen LogP contribution in [-0.4, -0.2) is 28.2 Å². The molecule has 0 amide bonds. The van der Waals surface area contributed by atoms with Crippen LogP contribution in [0, 0.1) is 0 Å². The van der Waals surface area contributed by atoms with Crippen molar-refractivity contribution < 1.29 is 19.4 Å². The van der Waals surface area contributed by atoms with Gasteiger partial charge in [0.15, 0.2) is 0 Å². The summed E-state index contributed by atoms with van der Waals surface area (Å²) < 4.78 is 10.5. The molecular formula is C20H16N2O4. The monoisotopic (exact) mass is 348 g/mol. The summed E-state index contributed by atoms with van der Waals surface area (Å²) >= 11 is 0. The van der Waals surface area contributed by atoms with Crippen LogP contribution >= 0.6 is 0 Å². The van der Waals surface area contributed by atoms with E-state index in [-0.39, 0.29) is 12.4 Å². The van der Waals surface area contributed by atoms with Crippen LogP contribution < -0.4 is 4.74 Å². The van der Waals surface area contributed by atoms with Crippen LogP contribution in [0.4, 0.5) is 0 Å². The van der Waals surface area contributed by atoms with Gasteiger partial charge in [-0.05, 0) is 36.4 Å². The maximum atomic E-state index is 12.3. The highest BCUT2D eigenvalue weighted by Crippen LogP contribution is 2.24. The summed E-state index contributed by atoms with van der Waals surface area (Å²) in [5.74, 6) is 0.344. The number of phenols is 1. The van der Waals surface area contributed by atoms with Crippen LogP contribution in [0.3, 0.4) is 0 Å². The molecular weight excluding hydrogens is 332 g/mol. The van der Waals surface area contributed by atoms with Crippen LogP contribution in [0.15, 0.2) is 54.6 Å². The van der Waals surface area contributed by atoms with Gasteiger partial charge in [0, 0.05) is 16.3 Å². The number of ether oxygens (including phenoxy) is 2. The van der Waals surface area contributed by atoms with Gasteiger partial charge < -0.3 is 19.6 Å². The molecule has 26 heavy (non-hydrogen) atoms. The zero-order valence-corrected chi connectivity index (χ0v) is 14.0. The number of hydrogen-bond acceptors (Lipinski definition) is 5. The Hall–Kier alpha value is -3.54. The number of methoxy groups -OCH3 is 1. The molecule has 0 fully saturated rings. The number of carbonyl (C=O) groups excluding carboxylic acids is 1. The summed E-state index contributed by atoms with van der Waals surface area (Å²) in [5, 5.41) is 11.6. The van der Waals surface area contributed by atoms with Crippen LogP contribution in [0.1, 0.15) is 16.2 Å². The van der Waals surface area contributed by atoms with Crippen molar-refractivity contribution in [3.63, 3.8) is 0 Å². The predicted molar refractivity (Wildman–Crippen MR) is 97.4 cm³/mol. The van der Waals surface area contributed by atoms with Gasteiger partial charge in [-0.3, -0.25) is 0 Å². The van der Waals surface area contributed by atoms with Crippen molar-refractivity contribution in [2.24, 2.45) is 0 Å². The first-order valence-corrected chi connectivity index (χ1v) is 8.05. The largest absolute Gasteiger partial charge is 0.506 e. The lowest BCUT2D eigenvalue weighted by atomic mass is 10.2. The van der Waals surface area contributed by atoms with E-state index in [2.05, 4.69) is 9.97 Å². The lowest BCUT2D eigenvalue weighted by Gasteiger charge is -2.05. The van der Waals surface area contributed by atoms with E-state index in [1.54, 1.807) is 31.4 Å². The predicted octanol–water partition coefficient (Wildman–Crippen LogP) is 3.79. The van der Waals surface area contributed by atoms with Gasteiger partial charge in [-0.2, -0.15) is 0 Å². The van der Waals surface area contributed by atoms with E-state index in [0.717, 1.165) is 22.0 Å². The fraction of sp³-hybridized carbons (Fsp3) is 0.100. The smallest absolute Gasteiger partial charge is 0.355 e. The molecule has 2 aromatic carbocycles. The molecule has 4 aromatic rings. The second-order valence-electron chi connectivity index (χ2n) is 5.86. The average molecular weight is 348 g/mol. The first-order valence-electron chi connectivity index (χ1n) is 8.05. The fourth-order valence-electron chi connectivity index (χ4n) is 2.82. The SMILES string of the molecule is COc1ccc2[nH]c(C(=O)OCc3ccc4cccc(O)c4n3)cc2c1. The number of benzene rings is 2. The van der Waals surface area contributed by atoms with Crippen LogP contribution in [0.5, 0.6) is 11.5 Å². The number of H-pyrrole nitrogens is 1. The van der Waals surface area contributed by atoms with Crippen molar-refractivity contribution in [3.8, 4) is 11.5 Å². The van der Waals surface area contributed by atoms with Gasteiger partial charge in [0.25, 0.3) is 0 Å². The third kappa shape index (κ3) is 2.93. The van der Waals surface area contributed by atoms with Crippen molar-refractivity contribution in [2.45, 2.75) is 6.61 Å². The van der Waals surface area contributed by atoms with Crippen molar-refractivity contribution >= 4 is 27.8 Å². The molecule has 0 atom stereocenters. The average Bonchev–Trinajstić information content (AvgIpc) is 3.10. The zero-order chi connectivity index (χ0) is 18.1. The number of pyridine rings is 1. The normalized spacial score (nSPS) is 11.0. The third-order valence-corrected chi connectivity index (χ3v) is 4.16. The van der Waals surface area contributed by atoms with Crippen LogP contribution in [0.25, 0.3) is 21.8 Å². The molecule has 0 radical (unpaired) electrons. The molecule has 0 bridgehead atoms. The fourth-order valence-corrected chi connectivity index (χ4v) is 2.82. The number of nitrogens with one attached hydrogen (secondary N) is 1. The number of rotatable bonds is 4. The van der Waals surface area contributed by atoms with E-state index in [0.29, 0.717) is 16.9 Å². The van der Waals surface area contributed by atoms with Gasteiger partial charge in [-0.25, -0.2) is 9.78 Å². The Balaban J connectivity index is 1.52. The Morgan fingerprint density at radius 1 is 1.12 bits per heavy atom. The minimum atomic E-state index is -0.473. The third-order valence-electron chi connectivity index (χ3n) is 4.16. The summed E-state index contributed by atoms with van der Waals surface area (Å²) in [4.78, 5) is 19.7. The lowest BCUT2D eigenvalue weighted by molar-refractivity contribution is 0.0462. The van der Waals surface area contributed by atoms with Gasteiger partial charge >= 0.3 is 5.97 Å². The van der Waals surface area contributed by atoms with Crippen molar-refractivity contribution in [1.29, 1.82) is 0 Å². The molecule has 0 unspecified atom stereocenters. The quantitative estimate of drug-likeness (QED) is 0.548. The van der Waals surface area contributed by atoms with Crippen molar-refractivity contribution in [1.82, 2.24) is 9.97 Å². The van der Waals surface area contributed by atoms with E-state index >= 15 is 0 Å². The number of nitrogens with zero attached hydrogens (tertiary/aromatic N) is 1. The number of carbonyl (C=O) groups is 1. The summed E-state index contributed by atoms with van der Waals surface area (Å²) in [5.41, 5.74) is 2.23. The number of aromatic amines is 1. The van der Waals surface area contributed by atoms with Gasteiger partial charge in [-0.15, -0.1) is 0 Å². The standard InChI is InChI=1S/C20H16N2O4/c1-25-15-7-8-16-13(9-15)10-17(22-16)20(24)26-11-14-6-5-12-3-2-4-18(23)19(12)21-14/h2-10,22-23H,11H2,1H3. The lowest BCUT2D eigenvalue weighted by Crippen LogP contribution is -2.06. The number of aromatic nitrogens is 2. The number of phenolic OH excluding ortho intramolecular Hbond substituents is 1. The van der Waals surface area contributed by atoms with E-state index < -0.39 is 5.97 Å². The minimum absolute atomic E-state index is 0.0157. The molecule has 130 valence electrons. The number of esters is 1. The Kier molecular flexibility index (Phi) is 3.93. The molecule has 6 nitrogen and oxygen atoms in total. The van der Waals surface area contributed by atoms with Gasteiger partial charge in [0.05, 0.1) is 12.8 Å². The molecule has 2 N–H and O–H groups in total. The molecule has 6 heteroatoms. The zero-order valence-electron chi connectivity index (χ0n) is 14.0. The van der Waals surface area contributed by atoms with E-state index in [1.807, 2.05) is 30.3 Å². The molecule has 4 rings (SSSR count). The Morgan fingerprint density at radius 3 is 2.85 bits per heavy atom. The Labute approximate surface area is 149 Å². The van der Waals surface area contributed by atoms with Gasteiger partial charge in [0.1, 0.15) is 29.3 Å². The van der Waals surface area contributed by atoms with Crippen molar-refractivity contribution in [3.05, 3.63) is 66.0 Å². The van der Waals surface area contributed by atoms with Crippen LogP contribution in [0.2, 0.25) is 0 Å². The number of hydrogen-bond donors (Lipinski definition) is 2. The van der Waals surface area contributed by atoms with Gasteiger partial charge in [-0.1, -0.05) is 18.2 Å². The second-order valence-corrected chi connectivity index (χ2v) is 5.86. The first-order chi connectivity index (χ1) is 12.6. The maximum Gasteiger partial charge on any atom is 0.355 e. The van der Waals surface area contributed by atoms with E-state index in [4.69, 9.17) is 9.47 Å². The molecule has 0 spiro atoms. The van der Waals surface area contributed by atoms with Crippen LogP contribution in [-0.2, 0) is 11.3 Å². The highest BCUT2D eigenvalue weighted by atomic mass is 16.5. The molecule has 2 aromatic heterocycles. The highest BCUT2D eigenvalue weighted by molar-refractivity contribution is 5.95. The molecule has 0 aliphatic rings. The topological polar surface area (TPSA) is 84.4 Å².